The lowest BCUT2D eigenvalue weighted by molar-refractivity contribution is -0.118. The third-order valence-corrected chi connectivity index (χ3v) is 3.48. The van der Waals surface area contributed by atoms with Gasteiger partial charge in [0, 0.05) is 6.54 Å². The number of rotatable bonds is 5. The molecule has 0 aliphatic carbocycles. The van der Waals surface area contributed by atoms with Crippen LogP contribution in [0.1, 0.15) is 11.1 Å². The van der Waals surface area contributed by atoms with Gasteiger partial charge in [-0.3, -0.25) is 4.79 Å². The molecule has 0 unspecified atom stereocenters. The van der Waals surface area contributed by atoms with Gasteiger partial charge < -0.3 is 5.73 Å². The zero-order chi connectivity index (χ0) is 13.1. The third kappa shape index (κ3) is 4.54. The van der Waals surface area contributed by atoms with E-state index in [9.17, 15) is 13.2 Å². The number of nitrogens with zero attached hydrogens (tertiary/aromatic N) is 1. The van der Waals surface area contributed by atoms with Crippen LogP contribution in [0.2, 0.25) is 0 Å². The van der Waals surface area contributed by atoms with E-state index in [0.717, 1.165) is 21.7 Å². The highest BCUT2D eigenvalue weighted by atomic mass is 32.2. The second-order valence-corrected chi connectivity index (χ2v) is 5.97. The first-order valence-corrected chi connectivity index (χ1v) is 6.93. The number of primary amides is 1. The van der Waals surface area contributed by atoms with E-state index in [0.29, 0.717) is 0 Å². The Bertz CT molecular complexity index is 494. The highest BCUT2D eigenvalue weighted by Crippen LogP contribution is 2.09. The minimum absolute atomic E-state index is 0.155. The minimum Gasteiger partial charge on any atom is -0.369 e. The topological polar surface area (TPSA) is 80.5 Å². The van der Waals surface area contributed by atoms with Crippen LogP contribution in [0, 0.1) is 6.92 Å². The lowest BCUT2D eigenvalue weighted by Crippen LogP contribution is -2.37. The second-order valence-electron chi connectivity index (χ2n) is 3.98. The van der Waals surface area contributed by atoms with E-state index >= 15 is 0 Å². The Morgan fingerprint density at radius 2 is 1.82 bits per heavy atom. The summed E-state index contributed by atoms with van der Waals surface area (Å²) >= 11 is 0. The Morgan fingerprint density at radius 1 is 1.29 bits per heavy atom. The van der Waals surface area contributed by atoms with Crippen LogP contribution in [-0.2, 0) is 21.4 Å². The van der Waals surface area contributed by atoms with Crippen LogP contribution in [0.3, 0.4) is 0 Å². The van der Waals surface area contributed by atoms with Crippen molar-refractivity contribution in [2.45, 2.75) is 13.5 Å². The van der Waals surface area contributed by atoms with Crippen molar-refractivity contribution in [3.05, 3.63) is 35.4 Å². The Labute approximate surface area is 101 Å². The zero-order valence-electron chi connectivity index (χ0n) is 9.88. The lowest BCUT2D eigenvalue weighted by atomic mass is 10.1. The van der Waals surface area contributed by atoms with E-state index in [2.05, 4.69) is 0 Å². The van der Waals surface area contributed by atoms with Crippen molar-refractivity contribution < 1.29 is 13.2 Å². The molecule has 1 aromatic carbocycles. The molecule has 17 heavy (non-hydrogen) atoms. The number of hydrogen-bond donors (Lipinski definition) is 1. The van der Waals surface area contributed by atoms with E-state index in [1.807, 2.05) is 31.2 Å². The van der Waals surface area contributed by atoms with Crippen LogP contribution in [-0.4, -0.2) is 31.4 Å². The molecule has 2 N–H and O–H groups in total. The summed E-state index contributed by atoms with van der Waals surface area (Å²) in [4.78, 5) is 10.8. The molecule has 0 saturated carbocycles. The highest BCUT2D eigenvalue weighted by Gasteiger charge is 2.18. The zero-order valence-corrected chi connectivity index (χ0v) is 10.7. The molecule has 1 rings (SSSR count). The Balaban J connectivity index is 2.87. The molecule has 0 saturated heterocycles. The number of carbonyl (C=O) groups is 1. The molecule has 0 heterocycles. The van der Waals surface area contributed by atoms with Gasteiger partial charge in [0.15, 0.2) is 0 Å². The van der Waals surface area contributed by atoms with Crippen LogP contribution >= 0.6 is 0 Å². The molecule has 1 aromatic rings. The van der Waals surface area contributed by atoms with Crippen molar-refractivity contribution in [3.63, 3.8) is 0 Å². The third-order valence-electron chi connectivity index (χ3n) is 2.28. The van der Waals surface area contributed by atoms with Crippen molar-refractivity contribution in [2.75, 3.05) is 12.8 Å². The van der Waals surface area contributed by atoms with Crippen LogP contribution in [0.4, 0.5) is 0 Å². The van der Waals surface area contributed by atoms with Gasteiger partial charge in [0.1, 0.15) is 0 Å². The van der Waals surface area contributed by atoms with Gasteiger partial charge in [-0.05, 0) is 12.5 Å². The maximum Gasteiger partial charge on any atom is 0.232 e. The first-order valence-electron chi connectivity index (χ1n) is 5.08. The van der Waals surface area contributed by atoms with Crippen LogP contribution in [0.5, 0.6) is 0 Å². The number of amides is 1. The fourth-order valence-electron chi connectivity index (χ4n) is 1.36. The number of carbonyl (C=O) groups excluding carboxylic acids is 1. The monoisotopic (exact) mass is 256 g/mol. The summed E-state index contributed by atoms with van der Waals surface area (Å²) in [7, 11) is -3.44. The van der Waals surface area contributed by atoms with Gasteiger partial charge >= 0.3 is 0 Å². The maximum absolute atomic E-state index is 11.5. The van der Waals surface area contributed by atoms with Gasteiger partial charge in [-0.1, -0.05) is 29.8 Å². The normalized spacial score (nSPS) is 11.7. The molecule has 0 aliphatic rings. The van der Waals surface area contributed by atoms with Crippen LogP contribution in [0.15, 0.2) is 24.3 Å². The summed E-state index contributed by atoms with van der Waals surface area (Å²) < 4.78 is 24.0. The molecule has 0 bridgehead atoms. The number of nitrogens with two attached hydrogens (primary N) is 1. The summed E-state index contributed by atoms with van der Waals surface area (Å²) in [6.45, 7) is 1.80. The van der Waals surface area contributed by atoms with Gasteiger partial charge in [-0.25, -0.2) is 8.42 Å². The summed E-state index contributed by atoms with van der Waals surface area (Å²) in [5.74, 6) is -0.664. The molecule has 5 nitrogen and oxygen atoms in total. The smallest absolute Gasteiger partial charge is 0.232 e. The van der Waals surface area contributed by atoms with Gasteiger partial charge in [0.25, 0.3) is 0 Å². The summed E-state index contributed by atoms with van der Waals surface area (Å²) in [6, 6.07) is 7.43. The fourth-order valence-corrected chi connectivity index (χ4v) is 2.11. The quantitative estimate of drug-likeness (QED) is 0.819. The van der Waals surface area contributed by atoms with Crippen molar-refractivity contribution in [1.82, 2.24) is 4.31 Å². The molecule has 0 radical (unpaired) electrons. The van der Waals surface area contributed by atoms with E-state index in [1.165, 1.54) is 0 Å². The first-order chi connectivity index (χ1) is 7.79. The number of benzene rings is 1. The van der Waals surface area contributed by atoms with E-state index in [1.54, 1.807) is 0 Å². The minimum atomic E-state index is -3.44. The molecule has 0 aliphatic heterocycles. The highest BCUT2D eigenvalue weighted by molar-refractivity contribution is 7.88. The standard InChI is InChI=1S/C11H16N2O3S/c1-9-3-5-10(6-4-9)7-13(8-11(12)14)17(2,15)16/h3-6H,7-8H2,1-2H3,(H2,12,14). The molecule has 0 spiro atoms. The van der Waals surface area contributed by atoms with E-state index < -0.39 is 15.9 Å². The average Bonchev–Trinajstić information content (AvgIpc) is 2.18. The molecule has 0 fully saturated rings. The fraction of sp³-hybridized carbons (Fsp3) is 0.364. The lowest BCUT2D eigenvalue weighted by Gasteiger charge is -2.18. The van der Waals surface area contributed by atoms with Gasteiger partial charge in [-0.2, -0.15) is 4.31 Å². The Morgan fingerprint density at radius 3 is 2.24 bits per heavy atom. The molecule has 94 valence electrons. The van der Waals surface area contributed by atoms with Crippen molar-refractivity contribution >= 4 is 15.9 Å². The van der Waals surface area contributed by atoms with Crippen molar-refractivity contribution in [3.8, 4) is 0 Å². The van der Waals surface area contributed by atoms with Gasteiger partial charge in [0.05, 0.1) is 12.8 Å². The predicted octanol–water partition coefficient (Wildman–Crippen LogP) is 0.242. The second kappa shape index (κ2) is 5.29. The summed E-state index contributed by atoms with van der Waals surface area (Å²) in [5, 5.41) is 0. The Hall–Kier alpha value is -1.40. The predicted molar refractivity (Wildman–Crippen MR) is 65.6 cm³/mol. The van der Waals surface area contributed by atoms with E-state index in [-0.39, 0.29) is 13.1 Å². The van der Waals surface area contributed by atoms with Crippen molar-refractivity contribution in [2.24, 2.45) is 5.73 Å². The molecule has 6 heteroatoms. The van der Waals surface area contributed by atoms with Crippen LogP contribution in [0.25, 0.3) is 0 Å². The van der Waals surface area contributed by atoms with Gasteiger partial charge in [0.2, 0.25) is 15.9 Å². The number of hydrogen-bond acceptors (Lipinski definition) is 3. The molecule has 0 aromatic heterocycles. The Kier molecular flexibility index (Phi) is 4.25. The van der Waals surface area contributed by atoms with Crippen LogP contribution < -0.4 is 5.73 Å². The SMILES string of the molecule is Cc1ccc(CN(CC(N)=O)S(C)(=O)=O)cc1. The molecule has 1 amide bonds. The molecular weight excluding hydrogens is 240 g/mol. The first kappa shape index (κ1) is 13.7. The van der Waals surface area contributed by atoms with Crippen molar-refractivity contribution in [1.29, 1.82) is 0 Å². The summed E-state index contributed by atoms with van der Waals surface area (Å²) in [5.41, 5.74) is 6.94. The summed E-state index contributed by atoms with van der Waals surface area (Å²) in [6.07, 6.45) is 1.06. The van der Waals surface area contributed by atoms with E-state index in [4.69, 9.17) is 5.73 Å². The largest absolute Gasteiger partial charge is 0.369 e. The number of sulfonamides is 1. The number of aryl methyl sites for hydroxylation is 1. The average molecular weight is 256 g/mol. The molecule has 0 atom stereocenters. The molecular formula is C11H16N2O3S. The van der Waals surface area contributed by atoms with Gasteiger partial charge in [-0.15, -0.1) is 0 Å². The maximum atomic E-state index is 11.5.